The van der Waals surface area contributed by atoms with E-state index in [0.29, 0.717) is 16.5 Å². The van der Waals surface area contributed by atoms with Crippen LogP contribution >= 0.6 is 11.3 Å². The van der Waals surface area contributed by atoms with Crippen LogP contribution in [0, 0.1) is 29.1 Å². The van der Waals surface area contributed by atoms with Crippen LogP contribution in [-0.4, -0.2) is 18.1 Å². The minimum atomic E-state index is -0.570. The van der Waals surface area contributed by atoms with Crippen LogP contribution in [0.3, 0.4) is 0 Å². The molecule has 4 nitrogen and oxygen atoms in total. The molecule has 1 atom stereocenters. The highest BCUT2D eigenvalue weighted by molar-refractivity contribution is 7.15. The van der Waals surface area contributed by atoms with Gasteiger partial charge in [-0.05, 0) is 65.4 Å². The number of amides is 1. The maximum atomic E-state index is 13.2. The Morgan fingerprint density at radius 2 is 1.88 bits per heavy atom. The van der Waals surface area contributed by atoms with Crippen LogP contribution in [0.5, 0.6) is 0 Å². The summed E-state index contributed by atoms with van der Waals surface area (Å²) >= 11 is 1.31. The van der Waals surface area contributed by atoms with Crippen molar-refractivity contribution in [1.82, 2.24) is 0 Å². The molecule has 0 spiro atoms. The lowest BCUT2D eigenvalue weighted by atomic mass is 9.82. The SMILES string of the molecule is CC1CCC(C(=O)N2c3cc(C#CC(C)(C)C)sc3C(=O)OC2C)CC1. The lowest BCUT2D eigenvalue weighted by Crippen LogP contribution is -2.48. The molecule has 1 aliphatic carbocycles. The van der Waals surface area contributed by atoms with E-state index in [4.69, 9.17) is 4.74 Å². The Balaban J connectivity index is 1.91. The van der Waals surface area contributed by atoms with E-state index in [1.54, 1.807) is 11.8 Å². The molecule has 1 saturated carbocycles. The Morgan fingerprint density at radius 1 is 1.23 bits per heavy atom. The van der Waals surface area contributed by atoms with Gasteiger partial charge in [-0.25, -0.2) is 4.79 Å². The van der Waals surface area contributed by atoms with Gasteiger partial charge in [0.05, 0.1) is 10.6 Å². The average molecular weight is 374 g/mol. The topological polar surface area (TPSA) is 46.6 Å². The lowest BCUT2D eigenvalue weighted by molar-refractivity contribution is -0.125. The van der Waals surface area contributed by atoms with Crippen molar-refractivity contribution < 1.29 is 14.3 Å². The van der Waals surface area contributed by atoms with Crippen LogP contribution in [0.2, 0.25) is 0 Å². The normalized spacial score (nSPS) is 25.8. The second-order valence-corrected chi connectivity index (χ2v) is 9.55. The first-order chi connectivity index (χ1) is 12.2. The molecule has 1 aromatic rings. The first-order valence-electron chi connectivity index (χ1n) is 9.37. The van der Waals surface area contributed by atoms with E-state index < -0.39 is 6.23 Å². The summed E-state index contributed by atoms with van der Waals surface area (Å²) in [5, 5.41) is 0. The minimum absolute atomic E-state index is 0.0160. The van der Waals surface area contributed by atoms with Gasteiger partial charge in [0.15, 0.2) is 6.23 Å². The van der Waals surface area contributed by atoms with E-state index in [9.17, 15) is 9.59 Å². The van der Waals surface area contributed by atoms with Crippen LogP contribution in [0.1, 0.15) is 74.9 Å². The first kappa shape index (κ1) is 19.0. The Hall–Kier alpha value is -1.80. The number of hydrogen-bond donors (Lipinski definition) is 0. The fraction of sp³-hybridized carbons (Fsp3) is 0.619. The monoisotopic (exact) mass is 373 g/mol. The predicted molar refractivity (Wildman–Crippen MR) is 104 cm³/mol. The molecular formula is C21H27NO3S. The predicted octanol–water partition coefficient (Wildman–Crippen LogP) is 4.82. The van der Waals surface area contributed by atoms with Crippen molar-refractivity contribution in [3.05, 3.63) is 15.8 Å². The van der Waals surface area contributed by atoms with Gasteiger partial charge in [0, 0.05) is 11.3 Å². The van der Waals surface area contributed by atoms with Crippen LogP contribution < -0.4 is 4.90 Å². The van der Waals surface area contributed by atoms with Gasteiger partial charge < -0.3 is 4.74 Å². The molecular weight excluding hydrogens is 346 g/mol. The molecule has 140 valence electrons. The molecule has 1 unspecified atom stereocenters. The number of nitrogens with zero attached hydrogens (tertiary/aromatic N) is 1. The quantitative estimate of drug-likeness (QED) is 0.524. The third-order valence-electron chi connectivity index (χ3n) is 4.96. The number of carbonyl (C=O) groups excluding carboxylic acids is 2. The van der Waals surface area contributed by atoms with Gasteiger partial charge in [-0.3, -0.25) is 9.69 Å². The van der Waals surface area contributed by atoms with Gasteiger partial charge in [0.2, 0.25) is 5.91 Å². The van der Waals surface area contributed by atoms with Gasteiger partial charge in [-0.1, -0.05) is 18.8 Å². The largest absolute Gasteiger partial charge is 0.437 e. The second-order valence-electron chi connectivity index (χ2n) is 8.49. The molecule has 2 aliphatic rings. The number of cyclic esters (lactones) is 1. The lowest BCUT2D eigenvalue weighted by Gasteiger charge is -2.36. The van der Waals surface area contributed by atoms with E-state index in [1.807, 2.05) is 26.8 Å². The summed E-state index contributed by atoms with van der Waals surface area (Å²) in [6.45, 7) is 10.1. The van der Waals surface area contributed by atoms with Crippen LogP contribution in [0.25, 0.3) is 0 Å². The van der Waals surface area contributed by atoms with Gasteiger partial charge >= 0.3 is 5.97 Å². The summed E-state index contributed by atoms with van der Waals surface area (Å²) in [4.78, 5) is 28.4. The highest BCUT2D eigenvalue weighted by Gasteiger charge is 2.39. The minimum Gasteiger partial charge on any atom is -0.437 e. The van der Waals surface area contributed by atoms with Crippen molar-refractivity contribution in [2.45, 2.75) is 66.5 Å². The fourth-order valence-corrected chi connectivity index (χ4v) is 4.36. The summed E-state index contributed by atoms with van der Waals surface area (Å²) in [6.07, 6.45) is 3.41. The van der Waals surface area contributed by atoms with Crippen molar-refractivity contribution >= 4 is 28.9 Å². The van der Waals surface area contributed by atoms with E-state index in [2.05, 4.69) is 18.8 Å². The number of hydrogen-bond acceptors (Lipinski definition) is 4. The smallest absolute Gasteiger partial charge is 0.352 e. The molecule has 1 aliphatic heterocycles. The van der Waals surface area contributed by atoms with Gasteiger partial charge in [-0.15, -0.1) is 11.3 Å². The summed E-state index contributed by atoms with van der Waals surface area (Å²) < 4.78 is 5.45. The Labute approximate surface area is 159 Å². The van der Waals surface area contributed by atoms with E-state index in [0.717, 1.165) is 30.6 Å². The summed E-state index contributed by atoms with van der Waals surface area (Å²) in [6, 6.07) is 1.87. The molecule has 26 heavy (non-hydrogen) atoms. The van der Waals surface area contributed by atoms with E-state index >= 15 is 0 Å². The standard InChI is InChI=1S/C21H27NO3S/c1-13-6-8-15(9-7-13)19(23)22-14(2)25-20(24)18-17(22)12-16(26-18)10-11-21(3,4)5/h12-15H,6-9H2,1-5H3. The molecule has 3 rings (SSSR count). The molecule has 1 aromatic heterocycles. The zero-order valence-electron chi connectivity index (χ0n) is 16.2. The van der Waals surface area contributed by atoms with Crippen molar-refractivity contribution in [2.24, 2.45) is 17.3 Å². The number of ether oxygens (including phenoxy) is 1. The average Bonchev–Trinajstić information content (AvgIpc) is 2.97. The maximum Gasteiger partial charge on any atom is 0.352 e. The number of carbonyl (C=O) groups is 2. The number of thiophene rings is 1. The van der Waals surface area contributed by atoms with Crippen molar-refractivity contribution in [2.75, 3.05) is 4.90 Å². The Morgan fingerprint density at radius 3 is 2.50 bits per heavy atom. The summed E-state index contributed by atoms with van der Waals surface area (Å²) in [7, 11) is 0. The summed E-state index contributed by atoms with van der Waals surface area (Å²) in [5.41, 5.74) is 0.549. The highest BCUT2D eigenvalue weighted by atomic mass is 32.1. The fourth-order valence-electron chi connectivity index (χ4n) is 3.48. The van der Waals surface area contributed by atoms with E-state index in [-0.39, 0.29) is 23.2 Å². The zero-order chi connectivity index (χ0) is 19.1. The molecule has 0 bridgehead atoms. The van der Waals surface area contributed by atoms with Gasteiger partial charge in [0.25, 0.3) is 0 Å². The molecule has 0 saturated heterocycles. The first-order valence-corrected chi connectivity index (χ1v) is 10.2. The number of esters is 1. The van der Waals surface area contributed by atoms with Gasteiger partial charge in [-0.2, -0.15) is 0 Å². The number of rotatable bonds is 1. The van der Waals surface area contributed by atoms with Crippen LogP contribution in [0.4, 0.5) is 5.69 Å². The van der Waals surface area contributed by atoms with E-state index in [1.165, 1.54) is 11.3 Å². The zero-order valence-corrected chi connectivity index (χ0v) is 17.0. The molecule has 2 heterocycles. The Bertz CT molecular complexity index is 769. The number of anilines is 1. The van der Waals surface area contributed by atoms with Crippen molar-refractivity contribution in [1.29, 1.82) is 0 Å². The highest BCUT2D eigenvalue weighted by Crippen LogP contribution is 2.39. The third-order valence-corrected chi connectivity index (χ3v) is 5.98. The Kier molecular flexibility index (Phi) is 5.16. The maximum absolute atomic E-state index is 13.2. The molecule has 1 amide bonds. The summed E-state index contributed by atoms with van der Waals surface area (Å²) in [5.74, 6) is 6.75. The third kappa shape index (κ3) is 3.96. The number of fused-ring (bicyclic) bond motifs is 1. The molecule has 0 radical (unpaired) electrons. The van der Waals surface area contributed by atoms with Gasteiger partial charge in [0.1, 0.15) is 4.88 Å². The molecule has 5 heteroatoms. The van der Waals surface area contributed by atoms with Crippen molar-refractivity contribution in [3.8, 4) is 11.8 Å². The van der Waals surface area contributed by atoms with Crippen LogP contribution in [-0.2, 0) is 9.53 Å². The molecule has 0 aromatic carbocycles. The molecule has 0 N–H and O–H groups in total. The second kappa shape index (κ2) is 7.08. The molecule has 1 fully saturated rings. The van der Waals surface area contributed by atoms with Crippen molar-refractivity contribution in [3.63, 3.8) is 0 Å². The van der Waals surface area contributed by atoms with Crippen LogP contribution in [0.15, 0.2) is 6.07 Å².